The second-order valence-corrected chi connectivity index (χ2v) is 5.28. The number of halogens is 1. The zero-order valence-corrected chi connectivity index (χ0v) is 11.8. The van der Waals surface area contributed by atoms with Crippen LogP contribution in [0.2, 0.25) is 5.02 Å². The first kappa shape index (κ1) is 14.8. The van der Waals surface area contributed by atoms with Crippen LogP contribution in [0.15, 0.2) is 24.3 Å². The third-order valence-electron chi connectivity index (χ3n) is 2.42. The molecule has 0 aromatic heterocycles. The van der Waals surface area contributed by atoms with Gasteiger partial charge in [0.25, 0.3) is 5.91 Å². The van der Waals surface area contributed by atoms with Gasteiger partial charge in [-0.15, -0.1) is 0 Å². The average molecular weight is 270 g/mol. The fraction of sp³-hybridized carbons (Fsp3) is 0.500. The van der Waals surface area contributed by atoms with E-state index in [1.54, 1.807) is 24.3 Å². The van der Waals surface area contributed by atoms with Gasteiger partial charge in [-0.25, -0.2) is 0 Å². The van der Waals surface area contributed by atoms with Crippen LogP contribution in [0.1, 0.15) is 27.2 Å². The van der Waals surface area contributed by atoms with Crippen molar-refractivity contribution in [2.75, 3.05) is 6.61 Å². The van der Waals surface area contributed by atoms with Crippen LogP contribution >= 0.6 is 11.6 Å². The minimum Gasteiger partial charge on any atom is -0.484 e. The lowest BCUT2D eigenvalue weighted by molar-refractivity contribution is -0.123. The number of nitrogens with one attached hydrogen (secondary N) is 1. The normalized spacial score (nSPS) is 12.3. The average Bonchev–Trinajstić information content (AvgIpc) is 2.27. The van der Waals surface area contributed by atoms with Gasteiger partial charge >= 0.3 is 0 Å². The Balaban J connectivity index is 2.30. The van der Waals surface area contributed by atoms with Crippen molar-refractivity contribution in [1.29, 1.82) is 0 Å². The van der Waals surface area contributed by atoms with Gasteiger partial charge in [0.05, 0.1) is 0 Å². The van der Waals surface area contributed by atoms with Gasteiger partial charge in [0.2, 0.25) is 0 Å². The molecule has 0 aliphatic carbocycles. The number of hydrogen-bond donors (Lipinski definition) is 1. The second kappa shape index (κ2) is 7.27. The molecule has 0 bridgehead atoms. The van der Waals surface area contributed by atoms with Gasteiger partial charge in [-0.1, -0.05) is 25.4 Å². The molecular formula is C14H20ClNO2. The van der Waals surface area contributed by atoms with Crippen LogP contribution in [0.25, 0.3) is 0 Å². The summed E-state index contributed by atoms with van der Waals surface area (Å²) in [5.74, 6) is 1.11. The number of carbonyl (C=O) groups excluding carboxylic acids is 1. The van der Waals surface area contributed by atoms with Gasteiger partial charge in [-0.3, -0.25) is 4.79 Å². The highest BCUT2D eigenvalue weighted by Gasteiger charge is 2.09. The van der Waals surface area contributed by atoms with E-state index in [2.05, 4.69) is 19.2 Å². The standard InChI is InChI=1S/C14H20ClNO2/c1-10(2)8-11(3)16-14(17)9-18-13-6-4-12(15)5-7-13/h4-7,10-11H,8-9H2,1-3H3,(H,16,17)/t11-/m0/s1. The molecule has 0 heterocycles. The Labute approximate surface area is 113 Å². The van der Waals surface area contributed by atoms with Crippen LogP contribution in [0.5, 0.6) is 5.75 Å². The monoisotopic (exact) mass is 269 g/mol. The van der Waals surface area contributed by atoms with Crippen LogP contribution in [0.3, 0.4) is 0 Å². The van der Waals surface area contributed by atoms with Gasteiger partial charge < -0.3 is 10.1 Å². The number of rotatable bonds is 6. The van der Waals surface area contributed by atoms with E-state index in [1.165, 1.54) is 0 Å². The predicted octanol–water partition coefficient (Wildman–Crippen LogP) is 3.27. The van der Waals surface area contributed by atoms with Crippen LogP contribution < -0.4 is 10.1 Å². The van der Waals surface area contributed by atoms with E-state index in [-0.39, 0.29) is 18.6 Å². The minimum absolute atomic E-state index is 0.0318. The van der Waals surface area contributed by atoms with Crippen molar-refractivity contribution in [3.05, 3.63) is 29.3 Å². The zero-order chi connectivity index (χ0) is 13.5. The summed E-state index contributed by atoms with van der Waals surface area (Å²) in [5, 5.41) is 3.55. The van der Waals surface area contributed by atoms with Gasteiger partial charge in [-0.05, 0) is 43.5 Å². The van der Waals surface area contributed by atoms with Crippen LogP contribution in [0.4, 0.5) is 0 Å². The summed E-state index contributed by atoms with van der Waals surface area (Å²) < 4.78 is 5.36. The van der Waals surface area contributed by atoms with Gasteiger partial charge in [-0.2, -0.15) is 0 Å². The summed E-state index contributed by atoms with van der Waals surface area (Å²) in [5.41, 5.74) is 0. The smallest absolute Gasteiger partial charge is 0.258 e. The van der Waals surface area contributed by atoms with Crippen LogP contribution in [-0.2, 0) is 4.79 Å². The Bertz CT molecular complexity index is 376. The van der Waals surface area contributed by atoms with E-state index in [0.717, 1.165) is 6.42 Å². The second-order valence-electron chi connectivity index (χ2n) is 4.84. The maximum absolute atomic E-state index is 11.6. The lowest BCUT2D eigenvalue weighted by Crippen LogP contribution is -2.36. The molecule has 1 N–H and O–H groups in total. The summed E-state index contributed by atoms with van der Waals surface area (Å²) in [7, 11) is 0. The molecule has 4 heteroatoms. The van der Waals surface area contributed by atoms with Gasteiger partial charge in [0, 0.05) is 11.1 Å². The molecule has 0 fully saturated rings. The fourth-order valence-electron chi connectivity index (χ4n) is 1.76. The lowest BCUT2D eigenvalue weighted by atomic mass is 10.1. The number of ether oxygens (including phenoxy) is 1. The number of amides is 1. The SMILES string of the molecule is CC(C)C[C@H](C)NC(=O)COc1ccc(Cl)cc1. The maximum Gasteiger partial charge on any atom is 0.258 e. The number of benzene rings is 1. The van der Waals surface area contributed by atoms with E-state index >= 15 is 0 Å². The number of carbonyl (C=O) groups is 1. The van der Waals surface area contributed by atoms with Crippen molar-refractivity contribution in [1.82, 2.24) is 5.32 Å². The molecule has 1 amide bonds. The quantitative estimate of drug-likeness (QED) is 0.861. The van der Waals surface area contributed by atoms with Gasteiger partial charge in [0.1, 0.15) is 5.75 Å². The van der Waals surface area contributed by atoms with Gasteiger partial charge in [0.15, 0.2) is 6.61 Å². The molecule has 0 unspecified atom stereocenters. The first-order chi connectivity index (χ1) is 8.47. The highest BCUT2D eigenvalue weighted by molar-refractivity contribution is 6.30. The highest BCUT2D eigenvalue weighted by atomic mass is 35.5. The van der Waals surface area contributed by atoms with E-state index in [9.17, 15) is 4.79 Å². The molecule has 100 valence electrons. The van der Waals surface area contributed by atoms with E-state index in [4.69, 9.17) is 16.3 Å². The molecule has 1 aromatic rings. The molecule has 1 atom stereocenters. The number of hydrogen-bond acceptors (Lipinski definition) is 2. The first-order valence-electron chi connectivity index (χ1n) is 6.15. The minimum atomic E-state index is -0.0990. The van der Waals surface area contributed by atoms with Crippen LogP contribution in [-0.4, -0.2) is 18.6 Å². The molecule has 0 radical (unpaired) electrons. The van der Waals surface area contributed by atoms with E-state index < -0.39 is 0 Å². The van der Waals surface area contributed by atoms with Crippen molar-refractivity contribution in [2.45, 2.75) is 33.2 Å². The Morgan fingerprint density at radius 1 is 1.28 bits per heavy atom. The predicted molar refractivity (Wildman–Crippen MR) is 74.0 cm³/mol. The zero-order valence-electron chi connectivity index (χ0n) is 11.1. The third-order valence-corrected chi connectivity index (χ3v) is 2.67. The summed E-state index contributed by atoms with van der Waals surface area (Å²) in [6.45, 7) is 6.30. The van der Waals surface area contributed by atoms with E-state index in [0.29, 0.717) is 16.7 Å². The van der Waals surface area contributed by atoms with Crippen molar-refractivity contribution < 1.29 is 9.53 Å². The van der Waals surface area contributed by atoms with Crippen LogP contribution in [0, 0.1) is 5.92 Å². The molecular weight excluding hydrogens is 250 g/mol. The third kappa shape index (κ3) is 5.92. The molecule has 18 heavy (non-hydrogen) atoms. The molecule has 1 aromatic carbocycles. The Morgan fingerprint density at radius 2 is 1.89 bits per heavy atom. The first-order valence-corrected chi connectivity index (χ1v) is 6.53. The summed E-state index contributed by atoms with van der Waals surface area (Å²) in [6, 6.07) is 7.12. The summed E-state index contributed by atoms with van der Waals surface area (Å²) in [6.07, 6.45) is 0.965. The largest absolute Gasteiger partial charge is 0.484 e. The van der Waals surface area contributed by atoms with Crippen molar-refractivity contribution in [3.8, 4) is 5.75 Å². The molecule has 3 nitrogen and oxygen atoms in total. The van der Waals surface area contributed by atoms with E-state index in [1.807, 2.05) is 6.92 Å². The molecule has 0 aliphatic rings. The van der Waals surface area contributed by atoms with Crippen molar-refractivity contribution >= 4 is 17.5 Å². The summed E-state index contributed by atoms with van der Waals surface area (Å²) in [4.78, 5) is 11.6. The molecule has 1 rings (SSSR count). The Morgan fingerprint density at radius 3 is 2.44 bits per heavy atom. The summed E-state index contributed by atoms with van der Waals surface area (Å²) >= 11 is 5.76. The lowest BCUT2D eigenvalue weighted by Gasteiger charge is -2.16. The molecule has 0 saturated carbocycles. The van der Waals surface area contributed by atoms with Crippen molar-refractivity contribution in [3.63, 3.8) is 0 Å². The Hall–Kier alpha value is -1.22. The topological polar surface area (TPSA) is 38.3 Å². The maximum atomic E-state index is 11.6. The molecule has 0 saturated heterocycles. The molecule has 0 spiro atoms. The molecule has 0 aliphatic heterocycles. The fourth-order valence-corrected chi connectivity index (χ4v) is 1.89. The Kier molecular flexibility index (Phi) is 5.99. The van der Waals surface area contributed by atoms with Crippen molar-refractivity contribution in [2.24, 2.45) is 5.92 Å². The highest BCUT2D eigenvalue weighted by Crippen LogP contribution is 2.15.